The predicted octanol–water partition coefficient (Wildman–Crippen LogP) is 6.02. The van der Waals surface area contributed by atoms with Gasteiger partial charge in [0.2, 0.25) is 5.91 Å². The molecule has 0 aromatic heterocycles. The standard InChI is InChI=1S/C19H21F17N2O3S/c1-38(2)10(39)9(8(11(40)41)4-3-6-37)42-7-5-12(20,21)13(22,23)14(24,25)15(26,27)16(28,29)17(30,31)18(32,33)19(34,35)36/h8-9H,3-7,37H2,1-2H3,(H,40,41). The Morgan fingerprint density at radius 1 is 0.714 bits per heavy atom. The Hall–Kier alpha value is -1.94. The summed E-state index contributed by atoms with van der Waals surface area (Å²) in [6.07, 6.45) is -11.2. The van der Waals surface area contributed by atoms with E-state index in [2.05, 4.69) is 0 Å². The molecule has 0 heterocycles. The third-order valence-corrected chi connectivity index (χ3v) is 6.92. The highest BCUT2D eigenvalue weighted by Gasteiger charge is 2.95. The van der Waals surface area contributed by atoms with Gasteiger partial charge in [0.15, 0.2) is 0 Å². The maximum Gasteiger partial charge on any atom is 0.460 e. The Kier molecular flexibility index (Phi) is 12.0. The first-order chi connectivity index (χ1) is 18.3. The van der Waals surface area contributed by atoms with Crippen LogP contribution in [0.2, 0.25) is 0 Å². The molecule has 1 amide bonds. The second-order valence-corrected chi connectivity index (χ2v) is 10.0. The number of nitrogens with zero attached hydrogens (tertiary/aromatic N) is 1. The van der Waals surface area contributed by atoms with Gasteiger partial charge in [-0.3, -0.25) is 9.59 Å². The van der Waals surface area contributed by atoms with Crippen molar-refractivity contribution < 1.29 is 89.3 Å². The number of carboxylic acids is 1. The van der Waals surface area contributed by atoms with Crippen LogP contribution >= 0.6 is 11.8 Å². The van der Waals surface area contributed by atoms with E-state index in [-0.39, 0.29) is 24.7 Å². The summed E-state index contributed by atoms with van der Waals surface area (Å²) in [4.78, 5) is 24.5. The normalized spacial score (nSPS) is 16.3. The Balaban J connectivity index is 6.43. The SMILES string of the molecule is CN(C)C(=O)C(SCCC(F)(F)C(F)(F)C(F)(F)C(F)(F)C(F)(F)C(F)(F)C(F)(F)C(F)(F)F)C(CCCN)C(=O)O. The number of hydrogen-bond donors (Lipinski definition) is 2. The van der Waals surface area contributed by atoms with Crippen molar-refractivity contribution >= 4 is 23.6 Å². The molecule has 0 saturated heterocycles. The lowest BCUT2D eigenvalue weighted by Gasteiger charge is -2.42. The molecule has 5 nitrogen and oxygen atoms in total. The zero-order valence-electron chi connectivity index (χ0n) is 20.8. The minimum atomic E-state index is -8.72. The van der Waals surface area contributed by atoms with Crippen LogP contribution in [0.5, 0.6) is 0 Å². The summed E-state index contributed by atoms with van der Waals surface area (Å²) in [6.45, 7) is -0.177. The van der Waals surface area contributed by atoms with Gasteiger partial charge in [-0.05, 0) is 19.4 Å². The van der Waals surface area contributed by atoms with Crippen molar-refractivity contribution in [2.75, 3.05) is 26.4 Å². The van der Waals surface area contributed by atoms with E-state index in [0.717, 1.165) is 14.1 Å². The molecule has 250 valence electrons. The Morgan fingerprint density at radius 2 is 1.10 bits per heavy atom. The number of aliphatic carboxylic acids is 1. The van der Waals surface area contributed by atoms with Crippen molar-refractivity contribution in [1.82, 2.24) is 4.90 Å². The average molecular weight is 680 g/mol. The third kappa shape index (κ3) is 6.74. The maximum absolute atomic E-state index is 14.1. The van der Waals surface area contributed by atoms with Gasteiger partial charge in [-0.2, -0.15) is 74.6 Å². The summed E-state index contributed by atoms with van der Waals surface area (Å²) in [7, 11) is 2.00. The largest absolute Gasteiger partial charge is 0.481 e. The molecule has 0 aromatic rings. The molecule has 0 rings (SSSR count). The number of thioether (sulfide) groups is 1. The van der Waals surface area contributed by atoms with Gasteiger partial charge in [-0.1, -0.05) is 0 Å². The Labute approximate surface area is 228 Å². The van der Waals surface area contributed by atoms with Crippen LogP contribution in [0.15, 0.2) is 0 Å². The molecule has 0 spiro atoms. The van der Waals surface area contributed by atoms with Crippen LogP contribution in [-0.4, -0.2) is 101 Å². The molecule has 0 aromatic carbocycles. The number of carbonyl (C=O) groups is 2. The molecule has 0 aliphatic heterocycles. The quantitative estimate of drug-likeness (QED) is 0.195. The summed E-state index contributed by atoms with van der Waals surface area (Å²) in [6, 6.07) is 0. The molecule has 2 unspecified atom stereocenters. The highest BCUT2D eigenvalue weighted by atomic mass is 32.2. The summed E-state index contributed by atoms with van der Waals surface area (Å²) < 4.78 is 227. The van der Waals surface area contributed by atoms with Gasteiger partial charge in [-0.25, -0.2) is 0 Å². The van der Waals surface area contributed by atoms with Crippen LogP contribution in [0.1, 0.15) is 19.3 Å². The summed E-state index contributed by atoms with van der Waals surface area (Å²) in [5.74, 6) is -63.6. The van der Waals surface area contributed by atoms with Crippen molar-refractivity contribution in [1.29, 1.82) is 0 Å². The zero-order valence-corrected chi connectivity index (χ0v) is 21.6. The summed E-state index contributed by atoms with van der Waals surface area (Å²) >= 11 is -0.229. The van der Waals surface area contributed by atoms with Gasteiger partial charge in [-0.15, -0.1) is 11.8 Å². The average Bonchev–Trinajstić information content (AvgIpc) is 2.80. The van der Waals surface area contributed by atoms with Crippen molar-refractivity contribution in [3.63, 3.8) is 0 Å². The van der Waals surface area contributed by atoms with Crippen molar-refractivity contribution in [3.8, 4) is 0 Å². The lowest BCUT2D eigenvalue weighted by molar-refractivity contribution is -0.461. The first-order valence-corrected chi connectivity index (χ1v) is 11.9. The van der Waals surface area contributed by atoms with E-state index in [0.29, 0.717) is 4.90 Å². The van der Waals surface area contributed by atoms with E-state index in [1.807, 2.05) is 0 Å². The number of rotatable bonds is 16. The first-order valence-electron chi connectivity index (χ1n) is 10.8. The topological polar surface area (TPSA) is 83.6 Å². The third-order valence-electron chi connectivity index (χ3n) is 5.59. The molecule has 23 heteroatoms. The van der Waals surface area contributed by atoms with Crippen LogP contribution in [-0.2, 0) is 9.59 Å². The Morgan fingerprint density at radius 3 is 1.43 bits per heavy atom. The number of carbonyl (C=O) groups excluding carboxylic acids is 1. The molecule has 3 N–H and O–H groups in total. The number of carboxylic acid groups (broad SMARTS) is 1. The maximum atomic E-state index is 14.1. The van der Waals surface area contributed by atoms with Crippen LogP contribution in [0.3, 0.4) is 0 Å². The lowest BCUT2D eigenvalue weighted by Crippen LogP contribution is -2.74. The fraction of sp³-hybridized carbons (Fsp3) is 0.895. The van der Waals surface area contributed by atoms with E-state index >= 15 is 0 Å². The number of alkyl halides is 17. The van der Waals surface area contributed by atoms with E-state index in [1.165, 1.54) is 0 Å². The van der Waals surface area contributed by atoms with Crippen molar-refractivity contribution in [2.45, 2.75) is 72.1 Å². The van der Waals surface area contributed by atoms with E-state index in [1.54, 1.807) is 0 Å². The number of halogens is 17. The molecular formula is C19H21F17N2O3S. The number of nitrogens with two attached hydrogens (primary N) is 1. The van der Waals surface area contributed by atoms with Gasteiger partial charge in [0.05, 0.1) is 11.2 Å². The lowest BCUT2D eigenvalue weighted by atomic mass is 9.88. The zero-order chi connectivity index (χ0) is 34.1. The van der Waals surface area contributed by atoms with E-state index in [4.69, 9.17) is 5.73 Å². The van der Waals surface area contributed by atoms with Crippen molar-refractivity contribution in [3.05, 3.63) is 0 Å². The molecule has 0 radical (unpaired) electrons. The summed E-state index contributed by atoms with van der Waals surface area (Å²) in [5, 5.41) is 7.36. The number of hydrogen-bond acceptors (Lipinski definition) is 4. The molecule has 2 atom stereocenters. The molecular weight excluding hydrogens is 659 g/mol. The van der Waals surface area contributed by atoms with Crippen LogP contribution in [0.25, 0.3) is 0 Å². The van der Waals surface area contributed by atoms with Crippen molar-refractivity contribution in [2.24, 2.45) is 11.7 Å². The molecule has 0 saturated carbocycles. The highest BCUT2D eigenvalue weighted by molar-refractivity contribution is 8.00. The number of amides is 1. The van der Waals surface area contributed by atoms with E-state index < -0.39 is 89.3 Å². The second kappa shape index (κ2) is 12.6. The fourth-order valence-electron chi connectivity index (χ4n) is 3.02. The van der Waals surface area contributed by atoms with Gasteiger partial charge < -0.3 is 15.7 Å². The first kappa shape index (κ1) is 40.1. The monoisotopic (exact) mass is 680 g/mol. The molecule has 42 heavy (non-hydrogen) atoms. The van der Waals surface area contributed by atoms with Gasteiger partial charge in [0.25, 0.3) is 0 Å². The fourth-order valence-corrected chi connectivity index (χ4v) is 4.49. The summed E-state index contributed by atoms with van der Waals surface area (Å²) in [5.41, 5.74) is 5.19. The van der Waals surface area contributed by atoms with Gasteiger partial charge in [0, 0.05) is 26.3 Å². The van der Waals surface area contributed by atoms with Gasteiger partial charge in [0.1, 0.15) is 0 Å². The van der Waals surface area contributed by atoms with Crippen LogP contribution in [0.4, 0.5) is 74.6 Å². The smallest absolute Gasteiger partial charge is 0.460 e. The molecule has 0 aliphatic rings. The predicted molar refractivity (Wildman–Crippen MR) is 110 cm³/mol. The van der Waals surface area contributed by atoms with Crippen LogP contribution < -0.4 is 5.73 Å². The second-order valence-electron chi connectivity index (χ2n) is 8.80. The molecule has 0 fully saturated rings. The van der Waals surface area contributed by atoms with Gasteiger partial charge >= 0.3 is 53.6 Å². The highest BCUT2D eigenvalue weighted by Crippen LogP contribution is 2.64. The van der Waals surface area contributed by atoms with E-state index in [9.17, 15) is 89.3 Å². The Bertz CT molecular complexity index is 956. The molecule has 0 aliphatic carbocycles. The minimum Gasteiger partial charge on any atom is -0.481 e. The minimum absolute atomic E-state index is 0.115. The van der Waals surface area contributed by atoms with Crippen LogP contribution in [0, 0.1) is 5.92 Å². The molecule has 0 bridgehead atoms.